The van der Waals surface area contributed by atoms with Crippen LogP contribution in [0.25, 0.3) is 0 Å². The van der Waals surface area contributed by atoms with E-state index in [-0.39, 0.29) is 6.04 Å². The van der Waals surface area contributed by atoms with Crippen LogP contribution in [0, 0.1) is 11.8 Å². The number of rotatable bonds is 6. The van der Waals surface area contributed by atoms with Crippen LogP contribution in [0.3, 0.4) is 0 Å². The molecule has 1 aliphatic carbocycles. The molecule has 17 heavy (non-hydrogen) atoms. The normalized spacial score (nSPS) is 20.2. The maximum absolute atomic E-state index is 11.1. The van der Waals surface area contributed by atoms with Gasteiger partial charge in [-0.25, -0.2) is 0 Å². The van der Waals surface area contributed by atoms with Crippen LogP contribution < -0.4 is 5.32 Å². The van der Waals surface area contributed by atoms with E-state index in [1.165, 1.54) is 38.5 Å². The SMILES string of the molecule is CC(C)CC(NCC1CCCCCC1)C(=O)O. The van der Waals surface area contributed by atoms with Gasteiger partial charge >= 0.3 is 5.97 Å². The van der Waals surface area contributed by atoms with Crippen molar-refractivity contribution >= 4 is 5.97 Å². The fraction of sp³-hybridized carbons (Fsp3) is 0.929. The second-order valence-electron chi connectivity index (χ2n) is 5.79. The van der Waals surface area contributed by atoms with Gasteiger partial charge < -0.3 is 10.4 Å². The van der Waals surface area contributed by atoms with Gasteiger partial charge in [-0.1, -0.05) is 39.5 Å². The van der Waals surface area contributed by atoms with E-state index in [4.69, 9.17) is 5.11 Å². The fourth-order valence-electron chi connectivity index (χ4n) is 2.62. The van der Waals surface area contributed by atoms with E-state index in [0.717, 1.165) is 13.0 Å². The van der Waals surface area contributed by atoms with Crippen LogP contribution >= 0.6 is 0 Å². The van der Waals surface area contributed by atoms with Gasteiger partial charge in [-0.15, -0.1) is 0 Å². The van der Waals surface area contributed by atoms with E-state index in [1.54, 1.807) is 0 Å². The molecule has 0 spiro atoms. The molecule has 1 saturated carbocycles. The second kappa shape index (κ2) is 7.70. The number of hydrogen-bond acceptors (Lipinski definition) is 2. The monoisotopic (exact) mass is 241 g/mol. The molecule has 3 nitrogen and oxygen atoms in total. The summed E-state index contributed by atoms with van der Waals surface area (Å²) in [5, 5.41) is 12.4. The molecule has 1 aliphatic rings. The summed E-state index contributed by atoms with van der Waals surface area (Å²) in [5.41, 5.74) is 0. The zero-order valence-corrected chi connectivity index (χ0v) is 11.2. The van der Waals surface area contributed by atoms with Crippen LogP contribution in [0.15, 0.2) is 0 Å². The lowest BCUT2D eigenvalue weighted by molar-refractivity contribution is -0.140. The summed E-state index contributed by atoms with van der Waals surface area (Å²) >= 11 is 0. The lowest BCUT2D eigenvalue weighted by Crippen LogP contribution is -2.40. The van der Waals surface area contributed by atoms with Crippen molar-refractivity contribution in [1.82, 2.24) is 5.32 Å². The minimum absolute atomic E-state index is 0.363. The molecule has 0 aliphatic heterocycles. The van der Waals surface area contributed by atoms with Crippen LogP contribution in [0.4, 0.5) is 0 Å². The highest BCUT2D eigenvalue weighted by atomic mass is 16.4. The van der Waals surface area contributed by atoms with Gasteiger partial charge in [0.1, 0.15) is 6.04 Å². The summed E-state index contributed by atoms with van der Waals surface area (Å²) in [6.07, 6.45) is 8.59. The molecular formula is C14H27NO2. The maximum Gasteiger partial charge on any atom is 0.320 e. The standard InChI is InChI=1S/C14H27NO2/c1-11(2)9-13(14(16)17)15-10-12-7-5-3-4-6-8-12/h11-13,15H,3-10H2,1-2H3,(H,16,17). The quantitative estimate of drug-likeness (QED) is 0.703. The fourth-order valence-corrected chi connectivity index (χ4v) is 2.62. The number of carbonyl (C=O) groups is 1. The minimum Gasteiger partial charge on any atom is -0.480 e. The topological polar surface area (TPSA) is 49.3 Å². The second-order valence-corrected chi connectivity index (χ2v) is 5.79. The Labute approximate surface area is 105 Å². The number of aliphatic carboxylic acids is 1. The Balaban J connectivity index is 2.31. The van der Waals surface area contributed by atoms with Crippen molar-refractivity contribution in [2.24, 2.45) is 11.8 Å². The summed E-state index contributed by atoms with van der Waals surface area (Å²) in [7, 11) is 0. The van der Waals surface area contributed by atoms with Crippen molar-refractivity contribution in [3.05, 3.63) is 0 Å². The van der Waals surface area contributed by atoms with Gasteiger partial charge in [0.2, 0.25) is 0 Å². The first-order chi connectivity index (χ1) is 8.09. The summed E-state index contributed by atoms with van der Waals surface area (Å²) in [5.74, 6) is 0.413. The Morgan fingerprint density at radius 1 is 1.24 bits per heavy atom. The van der Waals surface area contributed by atoms with Crippen molar-refractivity contribution in [3.63, 3.8) is 0 Å². The molecule has 0 aromatic heterocycles. The van der Waals surface area contributed by atoms with Gasteiger partial charge in [0.25, 0.3) is 0 Å². The molecule has 0 aromatic rings. The lowest BCUT2D eigenvalue weighted by Gasteiger charge is -2.20. The zero-order chi connectivity index (χ0) is 12.7. The van der Waals surface area contributed by atoms with Gasteiger partial charge in [0, 0.05) is 0 Å². The van der Waals surface area contributed by atoms with Gasteiger partial charge in [-0.2, -0.15) is 0 Å². The predicted octanol–water partition coefficient (Wildman–Crippen LogP) is 3.05. The van der Waals surface area contributed by atoms with E-state index in [9.17, 15) is 4.79 Å². The Bertz CT molecular complexity index is 220. The Morgan fingerprint density at radius 3 is 2.29 bits per heavy atom. The van der Waals surface area contributed by atoms with Crippen molar-refractivity contribution in [3.8, 4) is 0 Å². The van der Waals surface area contributed by atoms with Crippen molar-refractivity contribution in [2.45, 2.75) is 64.8 Å². The van der Waals surface area contributed by atoms with E-state index >= 15 is 0 Å². The molecule has 1 fully saturated rings. The maximum atomic E-state index is 11.1. The zero-order valence-electron chi connectivity index (χ0n) is 11.2. The molecule has 0 amide bonds. The van der Waals surface area contributed by atoms with E-state index in [2.05, 4.69) is 19.2 Å². The number of carboxylic acids is 1. The Morgan fingerprint density at radius 2 is 1.82 bits per heavy atom. The first-order valence-corrected chi connectivity index (χ1v) is 7.05. The average molecular weight is 241 g/mol. The molecule has 0 saturated heterocycles. The largest absolute Gasteiger partial charge is 0.480 e. The highest BCUT2D eigenvalue weighted by Crippen LogP contribution is 2.22. The van der Waals surface area contributed by atoms with E-state index in [0.29, 0.717) is 11.8 Å². The summed E-state index contributed by atoms with van der Waals surface area (Å²) in [4.78, 5) is 11.1. The smallest absolute Gasteiger partial charge is 0.320 e. The highest BCUT2D eigenvalue weighted by molar-refractivity contribution is 5.73. The summed E-state index contributed by atoms with van der Waals surface area (Å²) in [6.45, 7) is 5.02. The molecule has 100 valence electrons. The van der Waals surface area contributed by atoms with Gasteiger partial charge in [-0.3, -0.25) is 4.79 Å². The lowest BCUT2D eigenvalue weighted by atomic mass is 9.98. The van der Waals surface area contributed by atoms with Crippen LogP contribution in [0.2, 0.25) is 0 Å². The summed E-state index contributed by atoms with van der Waals surface area (Å²) in [6, 6.07) is -0.363. The third-order valence-corrected chi connectivity index (χ3v) is 3.63. The minimum atomic E-state index is -0.702. The van der Waals surface area contributed by atoms with Crippen LogP contribution in [-0.4, -0.2) is 23.7 Å². The Kier molecular flexibility index (Phi) is 6.56. The molecule has 3 heteroatoms. The molecule has 0 radical (unpaired) electrons. The van der Waals surface area contributed by atoms with Crippen LogP contribution in [-0.2, 0) is 4.79 Å². The van der Waals surface area contributed by atoms with E-state index in [1.807, 2.05) is 0 Å². The number of hydrogen-bond donors (Lipinski definition) is 2. The molecule has 0 heterocycles. The molecule has 0 aromatic carbocycles. The molecule has 2 N–H and O–H groups in total. The summed E-state index contributed by atoms with van der Waals surface area (Å²) < 4.78 is 0. The first kappa shape index (κ1) is 14.5. The van der Waals surface area contributed by atoms with Gasteiger partial charge in [0.15, 0.2) is 0 Å². The van der Waals surface area contributed by atoms with Crippen molar-refractivity contribution in [2.75, 3.05) is 6.54 Å². The van der Waals surface area contributed by atoms with Crippen molar-refractivity contribution < 1.29 is 9.90 Å². The highest BCUT2D eigenvalue weighted by Gasteiger charge is 2.20. The molecule has 1 rings (SSSR count). The van der Waals surface area contributed by atoms with Crippen molar-refractivity contribution in [1.29, 1.82) is 0 Å². The first-order valence-electron chi connectivity index (χ1n) is 7.05. The molecular weight excluding hydrogens is 214 g/mol. The number of nitrogens with one attached hydrogen (secondary N) is 1. The van der Waals surface area contributed by atoms with E-state index < -0.39 is 5.97 Å². The van der Waals surface area contributed by atoms with Crippen LogP contribution in [0.5, 0.6) is 0 Å². The Hall–Kier alpha value is -0.570. The third-order valence-electron chi connectivity index (χ3n) is 3.63. The molecule has 1 unspecified atom stereocenters. The van der Waals surface area contributed by atoms with Crippen LogP contribution in [0.1, 0.15) is 58.8 Å². The van der Waals surface area contributed by atoms with Gasteiger partial charge in [0.05, 0.1) is 0 Å². The molecule has 1 atom stereocenters. The van der Waals surface area contributed by atoms with Gasteiger partial charge in [-0.05, 0) is 37.6 Å². The predicted molar refractivity (Wildman–Crippen MR) is 70.1 cm³/mol. The third kappa shape index (κ3) is 6.06. The molecule has 0 bridgehead atoms. The number of carboxylic acid groups (broad SMARTS) is 1. The average Bonchev–Trinajstić information content (AvgIpc) is 2.51.